The molecule has 0 saturated heterocycles. The lowest BCUT2D eigenvalue weighted by Crippen LogP contribution is -2.41. The smallest absolute Gasteiger partial charge is 0.280 e. The van der Waals surface area contributed by atoms with E-state index in [1.807, 2.05) is 12.1 Å². The molecule has 148 valence electrons. The summed E-state index contributed by atoms with van der Waals surface area (Å²) in [6.45, 7) is 8.11. The monoisotopic (exact) mass is 399 g/mol. The summed E-state index contributed by atoms with van der Waals surface area (Å²) >= 11 is 1.20. The van der Waals surface area contributed by atoms with E-state index >= 15 is 0 Å². The largest absolute Gasteiger partial charge is 0.317 e. The summed E-state index contributed by atoms with van der Waals surface area (Å²) in [7, 11) is 0. The van der Waals surface area contributed by atoms with E-state index in [0.717, 1.165) is 24.0 Å². The fraction of sp³-hybridized carbons (Fsp3) is 0.381. The van der Waals surface area contributed by atoms with Crippen LogP contribution in [0.25, 0.3) is 0 Å². The van der Waals surface area contributed by atoms with Gasteiger partial charge in [-0.25, -0.2) is 0 Å². The topological polar surface area (TPSA) is 87.3 Å². The van der Waals surface area contributed by atoms with Crippen LogP contribution in [0.15, 0.2) is 30.3 Å². The number of nitrogens with one attached hydrogen (secondary N) is 3. The number of carbonyl (C=O) groups is 3. The molecular formula is C21H25N3O3S. The summed E-state index contributed by atoms with van der Waals surface area (Å²) in [5.74, 6) is -0.691. The summed E-state index contributed by atoms with van der Waals surface area (Å²) < 4.78 is 0. The second kappa shape index (κ2) is 7.75. The van der Waals surface area contributed by atoms with Gasteiger partial charge >= 0.3 is 0 Å². The minimum absolute atomic E-state index is 0.000199. The number of rotatable bonds is 4. The van der Waals surface area contributed by atoms with E-state index in [4.69, 9.17) is 0 Å². The van der Waals surface area contributed by atoms with Gasteiger partial charge in [-0.3, -0.25) is 25.2 Å². The van der Waals surface area contributed by atoms with E-state index in [1.165, 1.54) is 11.3 Å². The molecule has 1 heterocycles. The maximum atomic E-state index is 12.4. The second-order valence-electron chi connectivity index (χ2n) is 8.12. The summed E-state index contributed by atoms with van der Waals surface area (Å²) in [4.78, 5) is 37.0. The molecule has 3 amide bonds. The molecule has 7 heteroatoms. The minimum atomic E-state index is -0.408. The number of hydrogen-bond donors (Lipinski definition) is 3. The molecule has 1 aliphatic rings. The van der Waals surface area contributed by atoms with Gasteiger partial charge in [0, 0.05) is 11.5 Å². The SMILES string of the molecule is Cc1cc(NC(=O)C2CC2)sc1C(=O)NNC(=O)c1ccc(C(C)(C)C)cc1. The van der Waals surface area contributed by atoms with E-state index in [-0.39, 0.29) is 23.1 Å². The maximum absolute atomic E-state index is 12.4. The highest BCUT2D eigenvalue weighted by molar-refractivity contribution is 7.18. The van der Waals surface area contributed by atoms with Gasteiger partial charge in [0.25, 0.3) is 11.8 Å². The van der Waals surface area contributed by atoms with Crippen molar-refractivity contribution < 1.29 is 14.4 Å². The van der Waals surface area contributed by atoms with Gasteiger partial charge in [-0.15, -0.1) is 11.3 Å². The molecule has 0 aliphatic heterocycles. The number of benzene rings is 1. The lowest BCUT2D eigenvalue weighted by atomic mass is 9.87. The van der Waals surface area contributed by atoms with Crippen LogP contribution in [0, 0.1) is 12.8 Å². The molecule has 3 rings (SSSR count). The van der Waals surface area contributed by atoms with Crippen molar-refractivity contribution in [1.29, 1.82) is 0 Å². The van der Waals surface area contributed by atoms with Crippen LogP contribution in [0.1, 0.15) is 64.8 Å². The number of thiophene rings is 1. The number of carbonyl (C=O) groups excluding carboxylic acids is 3. The zero-order chi connectivity index (χ0) is 20.5. The molecule has 0 radical (unpaired) electrons. The molecule has 1 saturated carbocycles. The molecule has 0 spiro atoms. The van der Waals surface area contributed by atoms with Crippen LogP contribution < -0.4 is 16.2 Å². The van der Waals surface area contributed by atoms with Gasteiger partial charge < -0.3 is 5.32 Å². The molecule has 0 bridgehead atoms. The van der Waals surface area contributed by atoms with Crippen molar-refractivity contribution >= 4 is 34.1 Å². The molecule has 0 atom stereocenters. The van der Waals surface area contributed by atoms with Crippen LogP contribution in [-0.2, 0) is 10.2 Å². The van der Waals surface area contributed by atoms with Crippen molar-refractivity contribution in [1.82, 2.24) is 10.9 Å². The summed E-state index contributed by atoms with van der Waals surface area (Å²) in [6, 6.07) is 9.07. The summed E-state index contributed by atoms with van der Waals surface area (Å²) in [5, 5.41) is 3.48. The predicted molar refractivity (Wildman–Crippen MR) is 110 cm³/mol. The quantitative estimate of drug-likeness (QED) is 0.684. The predicted octanol–water partition coefficient (Wildman–Crippen LogP) is 3.78. The highest BCUT2D eigenvalue weighted by Crippen LogP contribution is 2.32. The molecule has 6 nitrogen and oxygen atoms in total. The Morgan fingerprint density at radius 2 is 1.61 bits per heavy atom. The Hall–Kier alpha value is -2.67. The standard InChI is InChI=1S/C21H25N3O3S/c1-12-11-16(22-18(25)13-5-6-13)28-17(12)20(27)24-23-19(26)14-7-9-15(10-8-14)21(2,3)4/h7-11,13H,5-6H2,1-4H3,(H,22,25)(H,23,26)(H,24,27). The van der Waals surface area contributed by atoms with Crippen LogP contribution >= 0.6 is 11.3 Å². The Labute approximate surface area is 168 Å². The van der Waals surface area contributed by atoms with Crippen LogP contribution in [0.2, 0.25) is 0 Å². The van der Waals surface area contributed by atoms with Crippen molar-refractivity contribution in [2.45, 2.75) is 46.0 Å². The van der Waals surface area contributed by atoms with Gasteiger partial charge in [-0.1, -0.05) is 32.9 Å². The van der Waals surface area contributed by atoms with Crippen LogP contribution in [0.5, 0.6) is 0 Å². The zero-order valence-corrected chi connectivity index (χ0v) is 17.3. The zero-order valence-electron chi connectivity index (χ0n) is 16.5. The van der Waals surface area contributed by atoms with Gasteiger partial charge in [0.2, 0.25) is 5.91 Å². The van der Waals surface area contributed by atoms with Gasteiger partial charge in [0.15, 0.2) is 0 Å². The molecule has 1 aliphatic carbocycles. The third kappa shape index (κ3) is 4.78. The van der Waals surface area contributed by atoms with E-state index in [1.54, 1.807) is 25.1 Å². The lowest BCUT2D eigenvalue weighted by Gasteiger charge is -2.19. The molecule has 0 unspecified atom stereocenters. The number of hydrazine groups is 1. The number of aryl methyl sites for hydroxylation is 1. The van der Waals surface area contributed by atoms with Crippen molar-refractivity contribution in [3.63, 3.8) is 0 Å². The average molecular weight is 400 g/mol. The average Bonchev–Trinajstić information content (AvgIpc) is 3.42. The fourth-order valence-electron chi connectivity index (χ4n) is 2.70. The van der Waals surface area contributed by atoms with Crippen LogP contribution in [0.4, 0.5) is 5.00 Å². The van der Waals surface area contributed by atoms with E-state index in [9.17, 15) is 14.4 Å². The lowest BCUT2D eigenvalue weighted by molar-refractivity contribution is -0.117. The molecule has 28 heavy (non-hydrogen) atoms. The molecule has 1 fully saturated rings. The Morgan fingerprint density at radius 1 is 1.00 bits per heavy atom. The number of amides is 3. The fourth-order valence-corrected chi connectivity index (χ4v) is 3.67. The minimum Gasteiger partial charge on any atom is -0.317 e. The maximum Gasteiger partial charge on any atom is 0.280 e. The molecule has 1 aromatic heterocycles. The number of anilines is 1. The van der Waals surface area contributed by atoms with Crippen LogP contribution in [-0.4, -0.2) is 17.7 Å². The Bertz CT molecular complexity index is 906. The number of hydrogen-bond acceptors (Lipinski definition) is 4. The van der Waals surface area contributed by atoms with Gasteiger partial charge in [0.1, 0.15) is 0 Å². The first-order chi connectivity index (χ1) is 13.1. The Kier molecular flexibility index (Phi) is 5.56. The normalized spacial score (nSPS) is 13.7. The van der Waals surface area contributed by atoms with E-state index < -0.39 is 5.91 Å². The van der Waals surface area contributed by atoms with Crippen LogP contribution in [0.3, 0.4) is 0 Å². The van der Waals surface area contributed by atoms with Gasteiger partial charge in [-0.2, -0.15) is 0 Å². The Morgan fingerprint density at radius 3 is 2.18 bits per heavy atom. The summed E-state index contributed by atoms with van der Waals surface area (Å²) in [6.07, 6.45) is 1.85. The highest BCUT2D eigenvalue weighted by Gasteiger charge is 2.30. The van der Waals surface area contributed by atoms with Crippen molar-refractivity contribution in [3.8, 4) is 0 Å². The molecular weight excluding hydrogens is 374 g/mol. The van der Waals surface area contributed by atoms with Gasteiger partial charge in [0.05, 0.1) is 9.88 Å². The second-order valence-corrected chi connectivity index (χ2v) is 9.17. The summed E-state index contributed by atoms with van der Waals surface area (Å²) in [5.41, 5.74) is 7.23. The molecule has 2 aromatic rings. The first-order valence-corrected chi connectivity index (χ1v) is 10.1. The molecule has 3 N–H and O–H groups in total. The van der Waals surface area contributed by atoms with E-state index in [2.05, 4.69) is 36.9 Å². The van der Waals surface area contributed by atoms with E-state index in [0.29, 0.717) is 15.4 Å². The highest BCUT2D eigenvalue weighted by atomic mass is 32.1. The van der Waals surface area contributed by atoms with Crippen molar-refractivity contribution in [3.05, 3.63) is 51.9 Å². The van der Waals surface area contributed by atoms with Crippen molar-refractivity contribution in [2.75, 3.05) is 5.32 Å². The first kappa shape index (κ1) is 20.1. The Balaban J connectivity index is 1.58. The molecule has 1 aromatic carbocycles. The van der Waals surface area contributed by atoms with Crippen molar-refractivity contribution in [2.24, 2.45) is 5.92 Å². The van der Waals surface area contributed by atoms with Gasteiger partial charge in [-0.05, 0) is 54.5 Å². The third-order valence-electron chi connectivity index (χ3n) is 4.62. The first-order valence-electron chi connectivity index (χ1n) is 9.27. The third-order valence-corrected chi connectivity index (χ3v) is 5.77.